The Hall–Kier alpha value is -3.29. The summed E-state index contributed by atoms with van der Waals surface area (Å²) >= 11 is 5.84. The van der Waals surface area contributed by atoms with Gasteiger partial charge in [0, 0.05) is 17.6 Å². The molecule has 0 heterocycles. The fraction of sp³-hybridized carbons (Fsp3) is 0.0870. The van der Waals surface area contributed by atoms with E-state index in [1.807, 2.05) is 12.1 Å². The highest BCUT2D eigenvalue weighted by Gasteiger charge is 2.16. The Balaban J connectivity index is 1.61. The molecule has 1 amide bonds. The van der Waals surface area contributed by atoms with Crippen LogP contribution >= 0.6 is 11.6 Å². The van der Waals surface area contributed by atoms with Crippen LogP contribution in [0.4, 0.5) is 5.69 Å². The summed E-state index contributed by atoms with van der Waals surface area (Å²) in [5.41, 5.74) is 1.98. The van der Waals surface area contributed by atoms with Crippen molar-refractivity contribution in [2.45, 2.75) is 11.4 Å². The fourth-order valence-electron chi connectivity index (χ4n) is 2.71. The van der Waals surface area contributed by atoms with Crippen LogP contribution < -0.4 is 14.8 Å². The number of benzene rings is 3. The van der Waals surface area contributed by atoms with E-state index in [9.17, 15) is 13.2 Å². The molecule has 3 aromatic carbocycles. The molecule has 0 bridgehead atoms. The zero-order chi connectivity index (χ0) is 22.3. The molecule has 31 heavy (non-hydrogen) atoms. The first-order valence-corrected chi connectivity index (χ1v) is 11.2. The largest absolute Gasteiger partial charge is 0.495 e. The number of halogens is 1. The van der Waals surface area contributed by atoms with Crippen molar-refractivity contribution < 1.29 is 17.9 Å². The van der Waals surface area contributed by atoms with Crippen LogP contribution in [0, 0.1) is 0 Å². The summed E-state index contributed by atoms with van der Waals surface area (Å²) in [6.07, 6.45) is 3.01. The van der Waals surface area contributed by atoms with Crippen molar-refractivity contribution in [1.82, 2.24) is 5.32 Å². The number of hydrogen-bond donors (Lipinski definition) is 2. The van der Waals surface area contributed by atoms with Gasteiger partial charge in [0.05, 0.1) is 17.7 Å². The number of rotatable bonds is 8. The second kappa shape index (κ2) is 10.1. The van der Waals surface area contributed by atoms with Crippen molar-refractivity contribution in [3.8, 4) is 5.75 Å². The first-order chi connectivity index (χ1) is 14.9. The molecule has 6 nitrogen and oxygen atoms in total. The van der Waals surface area contributed by atoms with Crippen molar-refractivity contribution in [1.29, 1.82) is 0 Å². The predicted octanol–water partition coefficient (Wildman–Crippen LogP) is 4.48. The first kappa shape index (κ1) is 22.4. The highest BCUT2D eigenvalue weighted by atomic mass is 35.5. The Kier molecular flexibility index (Phi) is 7.33. The van der Waals surface area contributed by atoms with E-state index in [-0.39, 0.29) is 10.8 Å². The Morgan fingerprint density at radius 2 is 1.68 bits per heavy atom. The van der Waals surface area contributed by atoms with E-state index in [1.165, 1.54) is 25.3 Å². The Bertz CT molecular complexity index is 1170. The molecule has 0 unspecified atom stereocenters. The maximum atomic E-state index is 12.6. The number of carbonyl (C=O) groups is 1. The van der Waals surface area contributed by atoms with Crippen molar-refractivity contribution in [3.05, 3.63) is 95.0 Å². The van der Waals surface area contributed by atoms with Gasteiger partial charge in [0.25, 0.3) is 10.0 Å². The highest BCUT2D eigenvalue weighted by Crippen LogP contribution is 2.26. The van der Waals surface area contributed by atoms with Crippen LogP contribution in [-0.4, -0.2) is 21.4 Å². The number of para-hydroxylation sites is 2. The van der Waals surface area contributed by atoms with Gasteiger partial charge in [0.2, 0.25) is 5.91 Å². The number of methoxy groups -OCH3 is 1. The molecule has 0 spiro atoms. The van der Waals surface area contributed by atoms with Crippen molar-refractivity contribution in [2.24, 2.45) is 0 Å². The van der Waals surface area contributed by atoms with Crippen molar-refractivity contribution >= 4 is 39.3 Å². The third-order valence-corrected chi connectivity index (χ3v) is 5.98. The standard InChI is InChI=1S/C23H21ClN2O4S/c1-30-22-5-3-2-4-21(22)26-31(28,29)20-13-8-17(9-14-20)10-15-23(27)25-16-18-6-11-19(24)12-7-18/h2-15,26H,16H2,1H3,(H,25,27)/b15-10+. The Morgan fingerprint density at radius 1 is 1.00 bits per heavy atom. The summed E-state index contributed by atoms with van der Waals surface area (Å²) in [5, 5.41) is 3.41. The third-order valence-electron chi connectivity index (χ3n) is 4.35. The molecular weight excluding hydrogens is 436 g/mol. The summed E-state index contributed by atoms with van der Waals surface area (Å²) < 4.78 is 33.0. The molecule has 0 atom stereocenters. The summed E-state index contributed by atoms with van der Waals surface area (Å²) in [6, 6.07) is 20.2. The quantitative estimate of drug-likeness (QED) is 0.489. The number of anilines is 1. The molecule has 0 fully saturated rings. The van der Waals surface area contributed by atoms with Crippen LogP contribution in [0.25, 0.3) is 6.08 Å². The van der Waals surface area contributed by atoms with Crippen LogP contribution in [0.15, 0.2) is 83.8 Å². The molecule has 160 valence electrons. The summed E-state index contributed by atoms with van der Waals surface area (Å²) in [4.78, 5) is 12.1. The van der Waals surface area contributed by atoms with E-state index in [1.54, 1.807) is 54.6 Å². The number of hydrogen-bond acceptors (Lipinski definition) is 4. The summed E-state index contributed by atoms with van der Waals surface area (Å²) in [7, 11) is -2.31. The molecule has 0 aliphatic heterocycles. The van der Waals surface area contributed by atoms with Crippen LogP contribution in [0.3, 0.4) is 0 Å². The first-order valence-electron chi connectivity index (χ1n) is 9.33. The zero-order valence-electron chi connectivity index (χ0n) is 16.7. The molecule has 2 N–H and O–H groups in total. The van der Waals surface area contributed by atoms with E-state index < -0.39 is 10.0 Å². The van der Waals surface area contributed by atoms with Gasteiger partial charge in [-0.25, -0.2) is 8.42 Å². The molecule has 0 aromatic heterocycles. The lowest BCUT2D eigenvalue weighted by Gasteiger charge is -2.11. The number of ether oxygens (including phenoxy) is 1. The Morgan fingerprint density at radius 3 is 2.35 bits per heavy atom. The third kappa shape index (κ3) is 6.34. The van der Waals surface area contributed by atoms with Gasteiger partial charge in [-0.05, 0) is 53.6 Å². The van der Waals surface area contributed by atoms with Crippen LogP contribution in [-0.2, 0) is 21.4 Å². The van der Waals surface area contributed by atoms with E-state index in [0.29, 0.717) is 28.6 Å². The molecule has 0 saturated heterocycles. The van der Waals surface area contributed by atoms with E-state index >= 15 is 0 Å². The lowest BCUT2D eigenvalue weighted by Crippen LogP contribution is -2.20. The van der Waals surface area contributed by atoms with Gasteiger partial charge >= 0.3 is 0 Å². The number of sulfonamides is 1. The predicted molar refractivity (Wildman–Crippen MR) is 123 cm³/mol. The minimum atomic E-state index is -3.78. The molecule has 3 rings (SSSR count). The van der Waals surface area contributed by atoms with Crippen molar-refractivity contribution in [2.75, 3.05) is 11.8 Å². The van der Waals surface area contributed by atoms with Gasteiger partial charge in [-0.2, -0.15) is 0 Å². The maximum Gasteiger partial charge on any atom is 0.262 e. The molecule has 0 saturated carbocycles. The number of amides is 1. The lowest BCUT2D eigenvalue weighted by molar-refractivity contribution is -0.116. The van der Waals surface area contributed by atoms with Crippen LogP contribution in [0.5, 0.6) is 5.75 Å². The lowest BCUT2D eigenvalue weighted by atomic mass is 10.2. The average Bonchev–Trinajstić information content (AvgIpc) is 2.77. The number of nitrogens with one attached hydrogen (secondary N) is 2. The molecule has 0 radical (unpaired) electrons. The van der Waals surface area contributed by atoms with Gasteiger partial charge in [0.15, 0.2) is 0 Å². The highest BCUT2D eigenvalue weighted by molar-refractivity contribution is 7.92. The molecule has 0 aliphatic carbocycles. The smallest absolute Gasteiger partial charge is 0.262 e. The Labute approximate surface area is 186 Å². The zero-order valence-corrected chi connectivity index (χ0v) is 18.3. The summed E-state index contributed by atoms with van der Waals surface area (Å²) in [6.45, 7) is 0.381. The van der Waals surface area contributed by atoms with Crippen LogP contribution in [0.1, 0.15) is 11.1 Å². The molecule has 3 aromatic rings. The van der Waals surface area contributed by atoms with Gasteiger partial charge in [-0.3, -0.25) is 9.52 Å². The van der Waals surface area contributed by atoms with Gasteiger partial charge in [0.1, 0.15) is 5.75 Å². The fourth-order valence-corrected chi connectivity index (χ4v) is 3.91. The average molecular weight is 457 g/mol. The minimum absolute atomic E-state index is 0.0998. The topological polar surface area (TPSA) is 84.5 Å². The minimum Gasteiger partial charge on any atom is -0.495 e. The maximum absolute atomic E-state index is 12.6. The van der Waals surface area contributed by atoms with Gasteiger partial charge in [-0.15, -0.1) is 0 Å². The van der Waals surface area contributed by atoms with E-state index in [4.69, 9.17) is 16.3 Å². The SMILES string of the molecule is COc1ccccc1NS(=O)(=O)c1ccc(/C=C/C(=O)NCc2ccc(Cl)cc2)cc1. The second-order valence-electron chi connectivity index (χ2n) is 6.55. The normalized spacial score (nSPS) is 11.3. The van der Waals surface area contributed by atoms with E-state index in [0.717, 1.165) is 5.56 Å². The molecule has 8 heteroatoms. The molecular formula is C23H21ClN2O4S. The second-order valence-corrected chi connectivity index (χ2v) is 8.67. The van der Waals surface area contributed by atoms with E-state index in [2.05, 4.69) is 10.0 Å². The van der Waals surface area contributed by atoms with Crippen molar-refractivity contribution in [3.63, 3.8) is 0 Å². The van der Waals surface area contributed by atoms with Gasteiger partial charge < -0.3 is 10.1 Å². The molecule has 0 aliphatic rings. The number of carbonyl (C=O) groups excluding carboxylic acids is 1. The van der Waals surface area contributed by atoms with Gasteiger partial charge in [-0.1, -0.05) is 48.0 Å². The summed E-state index contributed by atoms with van der Waals surface area (Å²) in [5.74, 6) is 0.166. The van der Waals surface area contributed by atoms with Crippen LogP contribution in [0.2, 0.25) is 5.02 Å². The monoisotopic (exact) mass is 456 g/mol.